The molecule has 0 saturated heterocycles. The van der Waals surface area contributed by atoms with Gasteiger partial charge < -0.3 is 9.84 Å². The first kappa shape index (κ1) is 12.3. The van der Waals surface area contributed by atoms with Gasteiger partial charge in [0, 0.05) is 5.56 Å². The van der Waals surface area contributed by atoms with Crippen molar-refractivity contribution in [2.75, 3.05) is 7.11 Å². The summed E-state index contributed by atoms with van der Waals surface area (Å²) in [5.41, 5.74) is 1.54. The van der Waals surface area contributed by atoms with Gasteiger partial charge in [-0.1, -0.05) is 23.8 Å². The first-order valence-corrected chi connectivity index (χ1v) is 5.06. The number of carbonyl (C=O) groups is 1. The molecule has 0 aromatic heterocycles. The number of methoxy groups -OCH3 is 1. The molecule has 1 unspecified atom stereocenters. The fraction of sp³-hybridized carbons (Fsp3) is 0.308. The second-order valence-corrected chi connectivity index (χ2v) is 3.79. The van der Waals surface area contributed by atoms with Crippen LogP contribution in [0.4, 0.5) is 0 Å². The van der Waals surface area contributed by atoms with Crippen molar-refractivity contribution in [3.63, 3.8) is 0 Å². The number of carboxylic acids is 1. The third-order valence-electron chi connectivity index (χ3n) is 2.37. The molecule has 16 heavy (non-hydrogen) atoms. The molecule has 1 atom stereocenters. The molecule has 1 N–H and O–H groups in total. The predicted molar refractivity (Wildman–Crippen MR) is 62.8 cm³/mol. The van der Waals surface area contributed by atoms with E-state index in [1.54, 1.807) is 19.2 Å². The van der Waals surface area contributed by atoms with Crippen LogP contribution in [0.25, 0.3) is 0 Å². The summed E-state index contributed by atoms with van der Waals surface area (Å²) in [5.74, 6) is -0.836. The molecule has 0 spiro atoms. The summed E-state index contributed by atoms with van der Waals surface area (Å²) in [4.78, 5) is 11.2. The third kappa shape index (κ3) is 2.86. The Morgan fingerprint density at radius 2 is 2.12 bits per heavy atom. The number of hydrogen-bond donors (Lipinski definition) is 1. The minimum Gasteiger partial charge on any atom is -0.496 e. The van der Waals surface area contributed by atoms with Gasteiger partial charge in [0.15, 0.2) is 0 Å². The summed E-state index contributed by atoms with van der Waals surface area (Å²) in [7, 11) is 1.54. The van der Waals surface area contributed by atoms with Gasteiger partial charge in [-0.05, 0) is 19.4 Å². The van der Waals surface area contributed by atoms with Crippen molar-refractivity contribution in [2.24, 2.45) is 0 Å². The Kier molecular flexibility index (Phi) is 4.11. The van der Waals surface area contributed by atoms with Crippen molar-refractivity contribution in [2.45, 2.75) is 19.3 Å². The summed E-state index contributed by atoms with van der Waals surface area (Å²) in [5, 5.41) is 9.20. The molecular formula is C13H16O3. The Bertz CT molecular complexity index is 396. The van der Waals surface area contributed by atoms with Gasteiger partial charge in [-0.2, -0.15) is 0 Å². The lowest BCUT2D eigenvalue weighted by Gasteiger charge is -2.15. The van der Waals surface area contributed by atoms with Gasteiger partial charge in [0.2, 0.25) is 0 Å². The van der Waals surface area contributed by atoms with Crippen LogP contribution in [0.3, 0.4) is 0 Å². The number of ether oxygens (including phenoxy) is 1. The van der Waals surface area contributed by atoms with E-state index in [4.69, 9.17) is 4.74 Å². The molecule has 3 heteroatoms. The lowest BCUT2D eigenvalue weighted by atomic mass is 9.92. The minimum atomic E-state index is -0.854. The van der Waals surface area contributed by atoms with E-state index in [2.05, 4.69) is 6.58 Å². The summed E-state index contributed by atoms with van der Waals surface area (Å²) in [6.45, 7) is 5.58. The van der Waals surface area contributed by atoms with Crippen LogP contribution >= 0.6 is 0 Å². The molecule has 1 rings (SSSR count). The number of rotatable bonds is 5. The normalized spacial score (nSPS) is 11.9. The molecule has 1 aromatic carbocycles. The van der Waals surface area contributed by atoms with Gasteiger partial charge >= 0.3 is 5.97 Å². The molecule has 0 radical (unpaired) electrons. The quantitative estimate of drug-likeness (QED) is 0.776. The van der Waals surface area contributed by atoms with E-state index in [0.29, 0.717) is 17.7 Å². The number of aliphatic carboxylic acids is 1. The predicted octanol–water partition coefficient (Wildman–Crippen LogP) is 2.83. The SMILES string of the molecule is C=C(C)CC(C(=O)O)c1ccccc1OC. The fourth-order valence-electron chi connectivity index (χ4n) is 1.63. The topological polar surface area (TPSA) is 46.5 Å². The second kappa shape index (κ2) is 5.35. The molecule has 0 heterocycles. The van der Waals surface area contributed by atoms with Crippen molar-refractivity contribution in [1.29, 1.82) is 0 Å². The molecule has 0 fully saturated rings. The smallest absolute Gasteiger partial charge is 0.311 e. The first-order valence-electron chi connectivity index (χ1n) is 5.06. The largest absolute Gasteiger partial charge is 0.496 e. The average Bonchev–Trinajstić information content (AvgIpc) is 2.25. The Balaban J connectivity index is 3.10. The molecule has 0 aliphatic heterocycles. The summed E-state index contributed by atoms with van der Waals surface area (Å²) >= 11 is 0. The molecule has 0 amide bonds. The number of carboxylic acid groups (broad SMARTS) is 1. The van der Waals surface area contributed by atoms with Gasteiger partial charge in [0.25, 0.3) is 0 Å². The lowest BCUT2D eigenvalue weighted by Crippen LogP contribution is -2.13. The van der Waals surface area contributed by atoms with Crippen LogP contribution < -0.4 is 4.74 Å². The first-order chi connectivity index (χ1) is 7.56. The molecule has 3 nitrogen and oxygen atoms in total. The van der Waals surface area contributed by atoms with Crippen LogP contribution in [0.2, 0.25) is 0 Å². The highest BCUT2D eigenvalue weighted by atomic mass is 16.5. The summed E-state index contributed by atoms with van der Waals surface area (Å²) in [6.07, 6.45) is 0.426. The molecule has 0 bridgehead atoms. The van der Waals surface area contributed by atoms with Crippen LogP contribution in [0.15, 0.2) is 36.4 Å². The zero-order chi connectivity index (χ0) is 12.1. The van der Waals surface area contributed by atoms with Gasteiger partial charge in [-0.15, -0.1) is 6.58 Å². The standard InChI is InChI=1S/C13H16O3/c1-9(2)8-11(13(14)15)10-6-4-5-7-12(10)16-3/h4-7,11H,1,8H2,2-3H3,(H,14,15). The Hall–Kier alpha value is -1.77. The van der Waals surface area contributed by atoms with Crippen LogP contribution in [0, 0.1) is 0 Å². The zero-order valence-electron chi connectivity index (χ0n) is 9.56. The van der Waals surface area contributed by atoms with Crippen molar-refractivity contribution in [1.82, 2.24) is 0 Å². The van der Waals surface area contributed by atoms with Crippen molar-refractivity contribution >= 4 is 5.97 Å². The zero-order valence-corrected chi connectivity index (χ0v) is 9.56. The van der Waals surface area contributed by atoms with Crippen molar-refractivity contribution in [3.8, 4) is 5.75 Å². The highest BCUT2D eigenvalue weighted by Crippen LogP contribution is 2.30. The maximum atomic E-state index is 11.2. The highest BCUT2D eigenvalue weighted by Gasteiger charge is 2.22. The third-order valence-corrected chi connectivity index (χ3v) is 2.37. The average molecular weight is 220 g/mol. The van der Waals surface area contributed by atoms with Gasteiger partial charge in [0.1, 0.15) is 5.75 Å². The van der Waals surface area contributed by atoms with Crippen LogP contribution in [0.5, 0.6) is 5.75 Å². The summed E-state index contributed by atoms with van der Waals surface area (Å²) in [6, 6.07) is 7.18. The van der Waals surface area contributed by atoms with Crippen LogP contribution in [-0.4, -0.2) is 18.2 Å². The van der Waals surface area contributed by atoms with Crippen molar-refractivity contribution < 1.29 is 14.6 Å². The number of benzene rings is 1. The van der Waals surface area contributed by atoms with E-state index in [0.717, 1.165) is 5.57 Å². The minimum absolute atomic E-state index is 0.426. The molecule has 0 saturated carbocycles. The fourth-order valence-corrected chi connectivity index (χ4v) is 1.63. The Morgan fingerprint density at radius 3 is 2.62 bits per heavy atom. The number of para-hydroxylation sites is 1. The number of allylic oxidation sites excluding steroid dienone is 1. The van der Waals surface area contributed by atoms with E-state index in [1.807, 2.05) is 19.1 Å². The molecule has 0 aliphatic rings. The lowest BCUT2D eigenvalue weighted by molar-refractivity contribution is -0.138. The van der Waals surface area contributed by atoms with E-state index < -0.39 is 11.9 Å². The van der Waals surface area contributed by atoms with Crippen molar-refractivity contribution in [3.05, 3.63) is 42.0 Å². The van der Waals surface area contributed by atoms with E-state index >= 15 is 0 Å². The maximum Gasteiger partial charge on any atom is 0.311 e. The van der Waals surface area contributed by atoms with Gasteiger partial charge in [-0.3, -0.25) is 4.79 Å². The van der Waals surface area contributed by atoms with Gasteiger partial charge in [0.05, 0.1) is 13.0 Å². The van der Waals surface area contributed by atoms with Crippen LogP contribution in [-0.2, 0) is 4.79 Å². The monoisotopic (exact) mass is 220 g/mol. The molecule has 86 valence electrons. The van der Waals surface area contributed by atoms with E-state index in [9.17, 15) is 9.90 Å². The maximum absolute atomic E-state index is 11.2. The number of hydrogen-bond acceptors (Lipinski definition) is 2. The molecule has 0 aliphatic carbocycles. The second-order valence-electron chi connectivity index (χ2n) is 3.79. The summed E-state index contributed by atoms with van der Waals surface area (Å²) < 4.78 is 5.17. The highest BCUT2D eigenvalue weighted by molar-refractivity contribution is 5.77. The molecule has 1 aromatic rings. The molecular weight excluding hydrogens is 204 g/mol. The van der Waals surface area contributed by atoms with E-state index in [1.165, 1.54) is 0 Å². The Labute approximate surface area is 95.4 Å². The Morgan fingerprint density at radius 1 is 1.50 bits per heavy atom. The van der Waals surface area contributed by atoms with Crippen LogP contribution in [0.1, 0.15) is 24.8 Å². The van der Waals surface area contributed by atoms with Gasteiger partial charge in [-0.25, -0.2) is 0 Å². The van der Waals surface area contributed by atoms with E-state index in [-0.39, 0.29) is 0 Å².